The highest BCUT2D eigenvalue weighted by atomic mass is 35.5. The van der Waals surface area contributed by atoms with Gasteiger partial charge in [0.15, 0.2) is 17.4 Å². The lowest BCUT2D eigenvalue weighted by atomic mass is 9.92. The van der Waals surface area contributed by atoms with Gasteiger partial charge in [-0.25, -0.2) is 14.0 Å². The summed E-state index contributed by atoms with van der Waals surface area (Å²) in [6.07, 6.45) is 0. The largest absolute Gasteiger partial charge is 0.479 e. The molecule has 10 nitrogen and oxygen atoms in total. The molecule has 13 heteroatoms. The van der Waals surface area contributed by atoms with Gasteiger partial charge in [-0.05, 0) is 24.3 Å². The Morgan fingerprint density at radius 2 is 1.93 bits per heavy atom. The van der Waals surface area contributed by atoms with Gasteiger partial charge in [0.05, 0.1) is 21.5 Å². The van der Waals surface area contributed by atoms with Crippen LogP contribution in [-0.2, 0) is 5.72 Å². The van der Waals surface area contributed by atoms with Gasteiger partial charge in [0, 0.05) is 21.8 Å². The number of rotatable bonds is 1. The molecule has 0 saturated heterocycles. The summed E-state index contributed by atoms with van der Waals surface area (Å²) >= 11 is 6.09. The maximum Gasteiger partial charge on any atom is 0.377 e. The SMILES string of the molecule is Nc1cc2c(c3c1C(O)(c1cc(F)ccc1Cl)NC3=O)OCS(C(=O)O)(C(=O)O)N2. The van der Waals surface area contributed by atoms with Gasteiger partial charge in [-0.2, -0.15) is 0 Å². The van der Waals surface area contributed by atoms with Crippen LogP contribution in [0.3, 0.4) is 0 Å². The van der Waals surface area contributed by atoms with Gasteiger partial charge < -0.3 is 35.8 Å². The fourth-order valence-corrected chi connectivity index (χ4v) is 5.07. The van der Waals surface area contributed by atoms with Crippen LogP contribution in [0.2, 0.25) is 5.02 Å². The topological polar surface area (TPSA) is 171 Å². The molecule has 2 heterocycles. The van der Waals surface area contributed by atoms with E-state index < -0.39 is 44.2 Å². The quantitative estimate of drug-likeness (QED) is 0.352. The smallest absolute Gasteiger partial charge is 0.377 e. The number of nitrogens with one attached hydrogen (secondary N) is 2. The van der Waals surface area contributed by atoms with Gasteiger partial charge in [-0.15, -0.1) is 0 Å². The average molecular weight is 458 g/mol. The Balaban J connectivity index is 1.93. The highest BCUT2D eigenvalue weighted by Gasteiger charge is 2.51. The second kappa shape index (κ2) is 6.39. The normalized spacial score (nSPS) is 22.0. The number of carbonyl (C=O) groups excluding carboxylic acids is 1. The summed E-state index contributed by atoms with van der Waals surface area (Å²) in [5.74, 6) is -2.54. The molecule has 2 aliphatic rings. The van der Waals surface area contributed by atoms with Crippen LogP contribution in [-0.4, -0.2) is 37.8 Å². The maximum atomic E-state index is 13.8. The lowest BCUT2D eigenvalue weighted by Gasteiger charge is -2.37. The molecule has 0 radical (unpaired) electrons. The van der Waals surface area contributed by atoms with Crippen molar-refractivity contribution in [3.05, 3.63) is 51.8 Å². The van der Waals surface area contributed by atoms with E-state index in [2.05, 4.69) is 10.0 Å². The zero-order valence-corrected chi connectivity index (χ0v) is 16.3. The zero-order valence-electron chi connectivity index (χ0n) is 14.7. The number of nitrogens with two attached hydrogens (primary N) is 1. The summed E-state index contributed by atoms with van der Waals surface area (Å²) in [7, 11) is -3.55. The minimum Gasteiger partial charge on any atom is -0.479 e. The van der Waals surface area contributed by atoms with E-state index in [1.807, 2.05) is 0 Å². The number of anilines is 2. The molecule has 0 saturated carbocycles. The van der Waals surface area contributed by atoms with Crippen molar-refractivity contribution in [3.8, 4) is 5.75 Å². The lowest BCUT2D eigenvalue weighted by molar-refractivity contribution is 0.0479. The van der Waals surface area contributed by atoms with Crippen molar-refractivity contribution in [1.29, 1.82) is 0 Å². The van der Waals surface area contributed by atoms with Gasteiger partial charge in [-0.3, -0.25) is 4.79 Å². The van der Waals surface area contributed by atoms with E-state index in [1.165, 1.54) is 6.07 Å². The summed E-state index contributed by atoms with van der Waals surface area (Å²) in [5.41, 5.74) is 2.80. The Labute approximate surface area is 173 Å². The standard InChI is InChI=1S/C17H13ClFN3O7S/c18-8-2-1-6(19)3-7(8)17(28)12-9(20)4-10-13(11(12)14(23)21-17)29-5-30(22-10,15(24)25)16(26)27/h1-4,22,28H,5,20H2,(H,21,23)(H,24,25)(H,26,27). The van der Waals surface area contributed by atoms with Crippen LogP contribution in [0.1, 0.15) is 21.5 Å². The number of carboxylic acid groups (broad SMARTS) is 2. The summed E-state index contributed by atoms with van der Waals surface area (Å²) in [4.78, 5) is 35.9. The first-order valence-corrected chi connectivity index (χ1v) is 10.3. The highest BCUT2D eigenvalue weighted by Crippen LogP contribution is 2.57. The second-order valence-electron chi connectivity index (χ2n) is 6.52. The van der Waals surface area contributed by atoms with Crippen molar-refractivity contribution < 1.29 is 38.8 Å². The first-order chi connectivity index (χ1) is 14.0. The van der Waals surface area contributed by atoms with E-state index in [0.717, 1.165) is 18.2 Å². The third-order valence-corrected chi connectivity index (χ3v) is 7.33. The molecule has 0 aromatic heterocycles. The Kier molecular flexibility index (Phi) is 4.27. The number of hydrogen-bond acceptors (Lipinski definition) is 7. The molecule has 30 heavy (non-hydrogen) atoms. The molecule has 0 spiro atoms. The Hall–Kier alpha value is -3.22. The summed E-state index contributed by atoms with van der Waals surface area (Å²) in [6.45, 7) is 0. The zero-order chi connectivity index (χ0) is 22.0. The first-order valence-electron chi connectivity index (χ1n) is 8.16. The van der Waals surface area contributed by atoms with Crippen LogP contribution < -0.4 is 20.5 Å². The van der Waals surface area contributed by atoms with Crippen LogP contribution in [0.4, 0.5) is 25.4 Å². The molecular formula is C17H13ClFN3O7S. The van der Waals surface area contributed by atoms with Crippen LogP contribution in [0.5, 0.6) is 5.75 Å². The van der Waals surface area contributed by atoms with E-state index in [0.29, 0.717) is 0 Å². The molecule has 1 amide bonds. The first kappa shape index (κ1) is 20.1. The summed E-state index contributed by atoms with van der Waals surface area (Å²) in [5, 5.41) is 29.0. The van der Waals surface area contributed by atoms with Crippen molar-refractivity contribution in [1.82, 2.24) is 5.32 Å². The van der Waals surface area contributed by atoms with Crippen molar-refractivity contribution in [2.24, 2.45) is 0 Å². The van der Waals surface area contributed by atoms with Crippen molar-refractivity contribution >= 4 is 49.7 Å². The third kappa shape index (κ3) is 2.57. The van der Waals surface area contributed by atoms with Crippen molar-refractivity contribution in [3.63, 3.8) is 0 Å². The number of ether oxygens (including phenoxy) is 1. The third-order valence-electron chi connectivity index (χ3n) is 4.77. The van der Waals surface area contributed by atoms with Gasteiger partial charge >= 0.3 is 10.6 Å². The number of carbonyl (C=O) groups is 3. The monoisotopic (exact) mass is 457 g/mol. The molecule has 1 unspecified atom stereocenters. The van der Waals surface area contributed by atoms with E-state index in [-0.39, 0.29) is 38.8 Å². The fourth-order valence-electron chi connectivity index (χ4n) is 3.41. The molecule has 2 aliphatic heterocycles. The van der Waals surface area contributed by atoms with Crippen LogP contribution in [0.15, 0.2) is 24.3 Å². The maximum absolute atomic E-state index is 13.8. The number of fused-ring (bicyclic) bond motifs is 3. The molecule has 0 fully saturated rings. The van der Waals surface area contributed by atoms with E-state index >= 15 is 0 Å². The average Bonchev–Trinajstić information content (AvgIpc) is 2.95. The molecule has 7 N–H and O–H groups in total. The van der Waals surface area contributed by atoms with E-state index in [1.54, 1.807) is 0 Å². The van der Waals surface area contributed by atoms with Crippen LogP contribution >= 0.6 is 21.8 Å². The summed E-state index contributed by atoms with van der Waals surface area (Å²) in [6, 6.07) is 4.33. The number of halogens is 2. The molecule has 158 valence electrons. The van der Waals surface area contributed by atoms with E-state index in [4.69, 9.17) is 22.1 Å². The fraction of sp³-hybridized carbons (Fsp3) is 0.118. The number of hydrogen-bond donors (Lipinski definition) is 6. The van der Waals surface area contributed by atoms with Crippen LogP contribution in [0, 0.1) is 5.82 Å². The minimum absolute atomic E-state index is 0.0524. The predicted octanol–water partition coefficient (Wildman–Crippen LogP) is 2.84. The Bertz CT molecular complexity index is 1150. The van der Waals surface area contributed by atoms with Crippen molar-refractivity contribution in [2.45, 2.75) is 5.72 Å². The Morgan fingerprint density at radius 1 is 1.27 bits per heavy atom. The molecule has 1 atom stereocenters. The number of nitrogen functional groups attached to an aromatic ring is 1. The van der Waals surface area contributed by atoms with Crippen molar-refractivity contribution in [2.75, 3.05) is 16.4 Å². The molecule has 2 aromatic carbocycles. The molecule has 2 aromatic rings. The molecule has 4 rings (SSSR count). The number of benzene rings is 2. The van der Waals surface area contributed by atoms with Gasteiger partial charge in [0.25, 0.3) is 5.91 Å². The highest BCUT2D eigenvalue weighted by molar-refractivity contribution is 8.55. The number of amides is 1. The predicted molar refractivity (Wildman–Crippen MR) is 105 cm³/mol. The van der Waals surface area contributed by atoms with Gasteiger partial charge in [0.2, 0.25) is 0 Å². The molecular weight excluding hydrogens is 445 g/mol. The van der Waals surface area contributed by atoms with Gasteiger partial charge in [-0.1, -0.05) is 11.6 Å². The van der Waals surface area contributed by atoms with Crippen LogP contribution in [0.25, 0.3) is 0 Å². The number of aliphatic hydroxyl groups is 1. The van der Waals surface area contributed by atoms with Gasteiger partial charge in [0.1, 0.15) is 5.82 Å². The molecule has 0 aliphatic carbocycles. The Morgan fingerprint density at radius 3 is 2.57 bits per heavy atom. The molecule has 0 bridgehead atoms. The second-order valence-corrected chi connectivity index (χ2v) is 9.54. The van der Waals surface area contributed by atoms with E-state index in [9.17, 15) is 34.1 Å². The lowest BCUT2D eigenvalue weighted by Crippen LogP contribution is -2.40. The minimum atomic E-state index is -3.55. The summed E-state index contributed by atoms with van der Waals surface area (Å²) < 4.78 is 21.6.